The lowest BCUT2D eigenvalue weighted by Crippen LogP contribution is -2.18. The summed E-state index contributed by atoms with van der Waals surface area (Å²) in [6.07, 6.45) is 4.99. The maximum absolute atomic E-state index is 13.4. The van der Waals surface area contributed by atoms with Crippen molar-refractivity contribution >= 4 is 28.4 Å². The van der Waals surface area contributed by atoms with E-state index >= 15 is 0 Å². The largest absolute Gasteiger partial charge is 0.435 e. The summed E-state index contributed by atoms with van der Waals surface area (Å²) in [6.45, 7) is 3.93. The number of nitrogens with zero attached hydrogens (tertiary/aromatic N) is 6. The average Bonchev–Trinajstić information content (AvgIpc) is 3.46. The van der Waals surface area contributed by atoms with Gasteiger partial charge in [0.25, 0.3) is 0 Å². The van der Waals surface area contributed by atoms with Gasteiger partial charge in [-0.25, -0.2) is 9.97 Å². The van der Waals surface area contributed by atoms with E-state index in [-0.39, 0.29) is 34.7 Å². The number of alkyl halides is 3. The number of fused-ring (bicyclic) bond motifs is 1. The van der Waals surface area contributed by atoms with Gasteiger partial charge in [0.15, 0.2) is 11.5 Å². The van der Waals surface area contributed by atoms with Crippen molar-refractivity contribution < 1.29 is 22.8 Å². The summed E-state index contributed by atoms with van der Waals surface area (Å²) in [6, 6.07) is 1.44. The van der Waals surface area contributed by atoms with Crippen molar-refractivity contribution in [3.05, 3.63) is 65.8 Å². The number of ketones is 1. The van der Waals surface area contributed by atoms with E-state index in [0.29, 0.717) is 16.6 Å². The van der Waals surface area contributed by atoms with Crippen LogP contribution in [0, 0.1) is 0 Å². The second-order valence-corrected chi connectivity index (χ2v) is 9.03. The zero-order valence-corrected chi connectivity index (χ0v) is 19.5. The molecule has 1 amide bonds. The molecular weight excluding hydrogens is 475 g/mol. The molecule has 5 rings (SSSR count). The van der Waals surface area contributed by atoms with E-state index in [4.69, 9.17) is 0 Å². The number of carbonyl (C=O) groups is 2. The molecule has 0 spiro atoms. The number of carbonyl (C=O) groups excluding carboxylic acids is 2. The summed E-state index contributed by atoms with van der Waals surface area (Å²) >= 11 is 0. The number of hydrogen-bond acceptors (Lipinski definition) is 6. The summed E-state index contributed by atoms with van der Waals surface area (Å²) in [5, 5.41) is 6.78. The van der Waals surface area contributed by atoms with Crippen LogP contribution in [0.2, 0.25) is 0 Å². The SMILES string of the molecule is CC(C)n1cc(C(=O)c2cncc(NC(=O)Cc3cn(C4CC4)nc3C(F)(F)F)c2)c2cncnc21. The molecule has 4 aromatic rings. The van der Waals surface area contributed by atoms with E-state index < -0.39 is 24.2 Å². The zero-order valence-electron chi connectivity index (χ0n) is 19.5. The van der Waals surface area contributed by atoms with E-state index in [1.807, 2.05) is 18.4 Å². The van der Waals surface area contributed by atoms with E-state index in [1.165, 1.54) is 35.7 Å². The van der Waals surface area contributed by atoms with Crippen molar-refractivity contribution in [3.8, 4) is 0 Å². The van der Waals surface area contributed by atoms with Gasteiger partial charge in [-0.1, -0.05) is 0 Å². The topological polar surface area (TPSA) is 108 Å². The Kier molecular flexibility index (Phi) is 5.81. The van der Waals surface area contributed by atoms with Crippen LogP contribution in [0.3, 0.4) is 0 Å². The monoisotopic (exact) mass is 497 g/mol. The Morgan fingerprint density at radius 3 is 2.61 bits per heavy atom. The number of pyridine rings is 1. The summed E-state index contributed by atoms with van der Waals surface area (Å²) in [5.74, 6) is -1.02. The van der Waals surface area contributed by atoms with Crippen molar-refractivity contribution in [2.45, 2.75) is 51.4 Å². The summed E-state index contributed by atoms with van der Waals surface area (Å²) in [4.78, 5) is 38.2. The first-order valence-electron chi connectivity index (χ1n) is 11.4. The van der Waals surface area contributed by atoms with Crippen LogP contribution in [0.1, 0.15) is 66.0 Å². The van der Waals surface area contributed by atoms with E-state index in [0.717, 1.165) is 12.8 Å². The van der Waals surface area contributed by atoms with Gasteiger partial charge >= 0.3 is 6.18 Å². The average molecular weight is 497 g/mol. The Bertz CT molecular complexity index is 1470. The molecule has 1 aliphatic rings. The minimum atomic E-state index is -4.66. The van der Waals surface area contributed by atoms with Gasteiger partial charge in [0, 0.05) is 47.3 Å². The molecule has 4 heterocycles. The first kappa shape index (κ1) is 23.6. The Morgan fingerprint density at radius 1 is 1.14 bits per heavy atom. The molecule has 0 unspecified atom stereocenters. The van der Waals surface area contributed by atoms with Crippen LogP contribution in [0.25, 0.3) is 11.0 Å². The third-order valence-corrected chi connectivity index (χ3v) is 5.93. The van der Waals surface area contributed by atoms with Gasteiger partial charge in [-0.05, 0) is 32.8 Å². The molecule has 9 nitrogen and oxygen atoms in total. The molecule has 1 N–H and O–H groups in total. The van der Waals surface area contributed by atoms with Crippen molar-refractivity contribution in [3.63, 3.8) is 0 Å². The fraction of sp³-hybridized carbons (Fsp3) is 0.333. The van der Waals surface area contributed by atoms with Crippen molar-refractivity contribution in [1.29, 1.82) is 0 Å². The molecule has 0 saturated heterocycles. The van der Waals surface area contributed by atoms with E-state index in [9.17, 15) is 22.8 Å². The van der Waals surface area contributed by atoms with Gasteiger partial charge in [-0.2, -0.15) is 18.3 Å². The highest BCUT2D eigenvalue weighted by Gasteiger charge is 2.39. The second kappa shape index (κ2) is 8.85. The second-order valence-electron chi connectivity index (χ2n) is 9.03. The number of amides is 1. The van der Waals surface area contributed by atoms with Gasteiger partial charge in [0.05, 0.1) is 29.9 Å². The third-order valence-electron chi connectivity index (χ3n) is 5.93. The summed E-state index contributed by atoms with van der Waals surface area (Å²) < 4.78 is 43.4. The number of aromatic nitrogens is 6. The first-order chi connectivity index (χ1) is 17.1. The number of rotatable bonds is 7. The zero-order chi connectivity index (χ0) is 25.6. The van der Waals surface area contributed by atoms with Crippen LogP contribution < -0.4 is 5.32 Å². The smallest absolute Gasteiger partial charge is 0.329 e. The minimum absolute atomic E-state index is 0.0538. The highest BCUT2D eigenvalue weighted by atomic mass is 19.4. The Balaban J connectivity index is 1.37. The highest BCUT2D eigenvalue weighted by Crippen LogP contribution is 2.38. The van der Waals surface area contributed by atoms with Crippen LogP contribution in [-0.4, -0.2) is 41.0 Å². The normalized spacial score (nSPS) is 13.9. The molecule has 12 heteroatoms. The molecule has 186 valence electrons. The Hall–Kier alpha value is -4.09. The lowest BCUT2D eigenvalue weighted by molar-refractivity contribution is -0.142. The molecule has 0 atom stereocenters. The molecule has 0 aromatic carbocycles. The van der Waals surface area contributed by atoms with Crippen LogP contribution in [0.5, 0.6) is 0 Å². The molecule has 1 saturated carbocycles. The molecule has 1 aliphatic carbocycles. The van der Waals surface area contributed by atoms with Crippen LogP contribution in [0.15, 0.2) is 43.4 Å². The molecule has 36 heavy (non-hydrogen) atoms. The first-order valence-corrected chi connectivity index (χ1v) is 11.4. The molecule has 0 aliphatic heterocycles. The maximum atomic E-state index is 13.4. The fourth-order valence-electron chi connectivity index (χ4n) is 4.05. The number of halogens is 3. The highest BCUT2D eigenvalue weighted by molar-refractivity contribution is 6.16. The van der Waals surface area contributed by atoms with Gasteiger partial charge in [0.2, 0.25) is 5.91 Å². The van der Waals surface area contributed by atoms with Crippen LogP contribution >= 0.6 is 0 Å². The van der Waals surface area contributed by atoms with E-state index in [1.54, 1.807) is 12.4 Å². The minimum Gasteiger partial charge on any atom is -0.329 e. The fourth-order valence-corrected chi connectivity index (χ4v) is 4.05. The van der Waals surface area contributed by atoms with Crippen LogP contribution in [0.4, 0.5) is 18.9 Å². The van der Waals surface area contributed by atoms with Gasteiger partial charge < -0.3 is 9.88 Å². The van der Waals surface area contributed by atoms with Crippen molar-refractivity contribution in [2.75, 3.05) is 5.32 Å². The molecule has 0 radical (unpaired) electrons. The lowest BCUT2D eigenvalue weighted by Gasteiger charge is -2.08. The van der Waals surface area contributed by atoms with Gasteiger partial charge in [-0.15, -0.1) is 0 Å². The Labute approximate surface area is 203 Å². The number of nitrogens with one attached hydrogen (secondary N) is 1. The van der Waals surface area contributed by atoms with Gasteiger partial charge in [-0.3, -0.25) is 19.3 Å². The quantitative estimate of drug-likeness (QED) is 0.380. The van der Waals surface area contributed by atoms with Crippen molar-refractivity contribution in [1.82, 2.24) is 29.3 Å². The molecule has 0 bridgehead atoms. The lowest BCUT2D eigenvalue weighted by atomic mass is 10.1. The van der Waals surface area contributed by atoms with Crippen molar-refractivity contribution in [2.24, 2.45) is 0 Å². The predicted octanol–water partition coefficient (Wildman–Crippen LogP) is 4.37. The standard InChI is InChI=1S/C24H22F3N7O2/c1-13(2)33-11-19(18-9-29-12-30-23(18)33)21(36)14-5-16(8-28-7-14)31-20(35)6-15-10-34(17-3-4-17)32-22(15)24(25,26)27/h5,7-13,17H,3-4,6H2,1-2H3,(H,31,35). The molecular formula is C24H22F3N7O2. The maximum Gasteiger partial charge on any atom is 0.435 e. The predicted molar refractivity (Wildman–Crippen MR) is 123 cm³/mol. The number of anilines is 1. The van der Waals surface area contributed by atoms with Gasteiger partial charge in [0.1, 0.15) is 12.0 Å². The molecule has 1 fully saturated rings. The van der Waals surface area contributed by atoms with Crippen LogP contribution in [-0.2, 0) is 17.4 Å². The molecule has 4 aromatic heterocycles. The summed E-state index contributed by atoms with van der Waals surface area (Å²) in [7, 11) is 0. The van der Waals surface area contributed by atoms with E-state index in [2.05, 4.69) is 25.4 Å². The third kappa shape index (κ3) is 4.58. The summed E-state index contributed by atoms with van der Waals surface area (Å²) in [5.41, 5.74) is 0.138. The number of hydrogen-bond donors (Lipinski definition) is 1. The Morgan fingerprint density at radius 2 is 1.92 bits per heavy atom.